The molecular weight excluding hydrogens is 250 g/mol. The third-order valence-electron chi connectivity index (χ3n) is 2.47. The van der Waals surface area contributed by atoms with Crippen molar-refractivity contribution >= 4 is 17.7 Å². The molecule has 0 amide bonds. The van der Waals surface area contributed by atoms with Crippen LogP contribution < -0.4 is 0 Å². The fraction of sp³-hybridized carbons (Fsp3) is 0.889. The van der Waals surface area contributed by atoms with E-state index in [0.717, 1.165) is 11.8 Å². The molecule has 0 spiro atoms. The summed E-state index contributed by atoms with van der Waals surface area (Å²) in [4.78, 5) is 0. The van der Waals surface area contributed by atoms with Crippen molar-refractivity contribution in [3.63, 3.8) is 0 Å². The quantitative estimate of drug-likeness (QED) is 0.299. The van der Waals surface area contributed by atoms with Crippen LogP contribution in [0.25, 0.3) is 0 Å². The number of rotatable bonds is 4. The van der Waals surface area contributed by atoms with Crippen LogP contribution in [0.5, 0.6) is 0 Å². The van der Waals surface area contributed by atoms with Crippen LogP contribution >= 0.6 is 11.8 Å². The van der Waals surface area contributed by atoms with Gasteiger partial charge in [0.05, 0.1) is 19.5 Å². The number of nitrogens with one attached hydrogen (secondary N) is 1. The highest BCUT2D eigenvalue weighted by Gasteiger charge is 2.43. The Morgan fingerprint density at radius 2 is 1.94 bits per heavy atom. The zero-order valence-corrected chi connectivity index (χ0v) is 10.1. The molecule has 17 heavy (non-hydrogen) atoms. The number of ether oxygens (including phenoxy) is 2. The lowest BCUT2D eigenvalue weighted by molar-refractivity contribution is -0.205. The number of thioether (sulfide) groups is 1. The Bertz CT molecular complexity index is 264. The van der Waals surface area contributed by atoms with Gasteiger partial charge < -0.3 is 29.9 Å². The van der Waals surface area contributed by atoms with Gasteiger partial charge in [0, 0.05) is 0 Å². The first-order valence-corrected chi connectivity index (χ1v) is 6.09. The van der Waals surface area contributed by atoms with E-state index in [1.54, 1.807) is 0 Å². The van der Waals surface area contributed by atoms with E-state index in [4.69, 9.17) is 15.3 Å². The minimum Gasteiger partial charge on any atom is -0.484 e. The molecule has 0 aromatic carbocycles. The zero-order valence-electron chi connectivity index (χ0n) is 9.31. The third kappa shape index (κ3) is 3.54. The van der Waals surface area contributed by atoms with E-state index in [9.17, 15) is 15.3 Å². The molecule has 0 aliphatic carbocycles. The summed E-state index contributed by atoms with van der Waals surface area (Å²) in [6.45, 7) is -0.455. The molecule has 0 saturated carbocycles. The maximum absolute atomic E-state index is 9.66. The maximum Gasteiger partial charge on any atom is 0.190 e. The van der Waals surface area contributed by atoms with Crippen LogP contribution in [0.1, 0.15) is 0 Å². The van der Waals surface area contributed by atoms with Crippen molar-refractivity contribution in [2.75, 3.05) is 19.5 Å². The minimum atomic E-state index is -1.38. The van der Waals surface area contributed by atoms with Crippen molar-refractivity contribution in [3.05, 3.63) is 0 Å². The van der Waals surface area contributed by atoms with E-state index in [1.807, 2.05) is 0 Å². The lowest BCUT2D eigenvalue weighted by atomic mass is 10.0. The molecular formula is C9H17NO6S. The summed E-state index contributed by atoms with van der Waals surface area (Å²) < 4.78 is 9.87. The number of aliphatic hydroxyl groups excluding tert-OH is 4. The SMILES string of the molecule is COC(=N)CSC1O[C@@H](CO)[C@@H](O)[C@@H](O)[C@@H]1O. The van der Waals surface area contributed by atoms with Crippen LogP contribution in [0.15, 0.2) is 0 Å². The van der Waals surface area contributed by atoms with Crippen molar-refractivity contribution in [3.8, 4) is 0 Å². The minimum absolute atomic E-state index is 0.00644. The van der Waals surface area contributed by atoms with Gasteiger partial charge in [0.25, 0.3) is 0 Å². The maximum atomic E-state index is 9.66. The molecule has 5 N–H and O–H groups in total. The number of hydrogen-bond donors (Lipinski definition) is 5. The fourth-order valence-corrected chi connectivity index (χ4v) is 2.43. The average Bonchev–Trinajstić information content (AvgIpc) is 2.34. The van der Waals surface area contributed by atoms with Crippen molar-refractivity contribution < 1.29 is 29.9 Å². The summed E-state index contributed by atoms with van der Waals surface area (Å²) in [5.74, 6) is 0.172. The van der Waals surface area contributed by atoms with E-state index >= 15 is 0 Å². The van der Waals surface area contributed by atoms with Crippen LogP contribution in [0.2, 0.25) is 0 Å². The zero-order chi connectivity index (χ0) is 13.0. The van der Waals surface area contributed by atoms with E-state index in [0.29, 0.717) is 0 Å². The van der Waals surface area contributed by atoms with Gasteiger partial charge in [0.15, 0.2) is 5.90 Å². The topological polar surface area (TPSA) is 123 Å². The second kappa shape index (κ2) is 6.53. The highest BCUT2D eigenvalue weighted by atomic mass is 32.2. The highest BCUT2D eigenvalue weighted by molar-refractivity contribution is 8.00. The van der Waals surface area contributed by atoms with Gasteiger partial charge in [-0.25, -0.2) is 0 Å². The second-order valence-electron chi connectivity index (χ2n) is 3.64. The van der Waals surface area contributed by atoms with E-state index in [-0.39, 0.29) is 11.7 Å². The summed E-state index contributed by atoms with van der Waals surface area (Å²) in [6.07, 6.45) is -4.92. The molecule has 8 heteroatoms. The Balaban J connectivity index is 2.56. The molecule has 0 radical (unpaired) electrons. The third-order valence-corrected chi connectivity index (χ3v) is 3.62. The van der Waals surface area contributed by atoms with Crippen molar-refractivity contribution in [1.29, 1.82) is 5.41 Å². The molecule has 1 rings (SSSR count). The number of methoxy groups -OCH3 is 1. The van der Waals surface area contributed by atoms with Gasteiger partial charge in [-0.2, -0.15) is 0 Å². The first kappa shape index (κ1) is 14.7. The smallest absolute Gasteiger partial charge is 0.190 e. The normalized spacial score (nSPS) is 37.8. The van der Waals surface area contributed by atoms with Crippen LogP contribution in [0.4, 0.5) is 0 Å². The lowest BCUT2D eigenvalue weighted by Gasteiger charge is -2.39. The molecule has 1 unspecified atom stereocenters. The van der Waals surface area contributed by atoms with Crippen molar-refractivity contribution in [2.45, 2.75) is 29.9 Å². The van der Waals surface area contributed by atoms with Gasteiger partial charge >= 0.3 is 0 Å². The Morgan fingerprint density at radius 1 is 1.29 bits per heavy atom. The van der Waals surface area contributed by atoms with Crippen LogP contribution in [-0.2, 0) is 9.47 Å². The molecule has 1 aliphatic rings. The van der Waals surface area contributed by atoms with Gasteiger partial charge in [-0.3, -0.25) is 5.41 Å². The van der Waals surface area contributed by atoms with Crippen molar-refractivity contribution in [2.24, 2.45) is 0 Å². The van der Waals surface area contributed by atoms with Gasteiger partial charge in [-0.15, -0.1) is 11.8 Å². The fourth-order valence-electron chi connectivity index (χ4n) is 1.42. The Morgan fingerprint density at radius 3 is 2.47 bits per heavy atom. The molecule has 100 valence electrons. The van der Waals surface area contributed by atoms with Crippen LogP contribution in [0.3, 0.4) is 0 Å². The predicted octanol–water partition coefficient (Wildman–Crippen LogP) is -1.86. The summed E-state index contributed by atoms with van der Waals surface area (Å²) >= 11 is 1.06. The first-order chi connectivity index (χ1) is 8.01. The Hall–Kier alpha value is -0.380. The average molecular weight is 267 g/mol. The first-order valence-electron chi connectivity index (χ1n) is 5.04. The summed E-state index contributed by atoms with van der Waals surface area (Å²) in [6, 6.07) is 0. The van der Waals surface area contributed by atoms with Crippen LogP contribution in [-0.4, -0.2) is 75.6 Å². The van der Waals surface area contributed by atoms with Crippen LogP contribution in [0, 0.1) is 5.41 Å². The summed E-state index contributed by atoms with van der Waals surface area (Å²) in [5.41, 5.74) is -0.818. The summed E-state index contributed by atoms with van der Waals surface area (Å²) in [7, 11) is 1.36. The molecule has 0 bridgehead atoms. The standard InChI is InChI=1S/C9H17NO6S/c1-15-5(10)3-17-9-8(14)7(13)6(12)4(2-11)16-9/h4,6-14H,2-3H2,1H3/t4-,6+,7+,8-,9?/m0/s1. The lowest BCUT2D eigenvalue weighted by Crippen LogP contribution is -2.57. The van der Waals surface area contributed by atoms with E-state index < -0.39 is 36.5 Å². The predicted molar refractivity (Wildman–Crippen MR) is 61.0 cm³/mol. The Kier molecular flexibility index (Phi) is 5.63. The molecule has 1 saturated heterocycles. The largest absolute Gasteiger partial charge is 0.484 e. The van der Waals surface area contributed by atoms with Gasteiger partial charge in [-0.05, 0) is 0 Å². The molecule has 1 fully saturated rings. The van der Waals surface area contributed by atoms with Crippen molar-refractivity contribution in [1.82, 2.24) is 0 Å². The molecule has 1 heterocycles. The van der Waals surface area contributed by atoms with E-state index in [1.165, 1.54) is 7.11 Å². The summed E-state index contributed by atoms with van der Waals surface area (Å²) in [5, 5.41) is 44.9. The van der Waals surface area contributed by atoms with Gasteiger partial charge in [0.2, 0.25) is 0 Å². The van der Waals surface area contributed by atoms with Gasteiger partial charge in [0.1, 0.15) is 29.9 Å². The van der Waals surface area contributed by atoms with Gasteiger partial charge in [-0.1, -0.05) is 0 Å². The molecule has 0 aromatic rings. The number of hydrogen-bond acceptors (Lipinski definition) is 8. The highest BCUT2D eigenvalue weighted by Crippen LogP contribution is 2.28. The molecule has 0 aromatic heterocycles. The molecule has 1 aliphatic heterocycles. The second-order valence-corrected chi connectivity index (χ2v) is 4.72. The number of aliphatic hydroxyl groups is 4. The molecule has 5 atom stereocenters. The Labute approximate surface area is 103 Å². The molecule has 7 nitrogen and oxygen atoms in total. The van der Waals surface area contributed by atoms with E-state index in [2.05, 4.69) is 4.74 Å². The monoisotopic (exact) mass is 267 g/mol.